The van der Waals surface area contributed by atoms with Crippen molar-refractivity contribution < 1.29 is 18.9 Å². The third kappa shape index (κ3) is 2.70. The number of methoxy groups -OCH3 is 2. The van der Waals surface area contributed by atoms with Crippen LogP contribution in [-0.2, 0) is 6.42 Å². The predicted molar refractivity (Wildman–Crippen MR) is 101 cm³/mol. The number of ether oxygens (including phenoxy) is 4. The number of hydrogen-bond acceptors (Lipinski definition) is 4. The minimum absolute atomic E-state index is 0.0304. The Labute approximate surface area is 154 Å². The van der Waals surface area contributed by atoms with Gasteiger partial charge in [0.2, 0.25) is 0 Å². The lowest BCUT2D eigenvalue weighted by molar-refractivity contribution is 0.138. The number of allylic oxidation sites excluding steroid dienone is 2. The minimum atomic E-state index is -0.0304. The van der Waals surface area contributed by atoms with E-state index in [1.165, 1.54) is 11.1 Å². The van der Waals surface area contributed by atoms with Gasteiger partial charge in [-0.15, -0.1) is 0 Å². The van der Waals surface area contributed by atoms with Gasteiger partial charge in [-0.25, -0.2) is 0 Å². The molecule has 0 fully saturated rings. The SMILES string of the molecule is COc1ccc2c(c1)O[C@H]1c3ccc(OC)c(CC=C(C)C)c3OC[C@@H]21. The van der Waals surface area contributed by atoms with E-state index in [2.05, 4.69) is 32.1 Å². The van der Waals surface area contributed by atoms with Gasteiger partial charge in [-0.05, 0) is 38.5 Å². The van der Waals surface area contributed by atoms with Gasteiger partial charge in [-0.2, -0.15) is 0 Å². The van der Waals surface area contributed by atoms with Crippen LogP contribution in [0.1, 0.15) is 42.6 Å². The first-order chi connectivity index (χ1) is 12.6. The van der Waals surface area contributed by atoms with E-state index < -0.39 is 0 Å². The van der Waals surface area contributed by atoms with E-state index in [4.69, 9.17) is 18.9 Å². The van der Waals surface area contributed by atoms with Crippen molar-refractivity contribution in [1.82, 2.24) is 0 Å². The largest absolute Gasteiger partial charge is 0.497 e. The molecule has 2 heterocycles. The van der Waals surface area contributed by atoms with E-state index >= 15 is 0 Å². The zero-order valence-corrected chi connectivity index (χ0v) is 15.7. The van der Waals surface area contributed by atoms with Gasteiger partial charge in [0.15, 0.2) is 0 Å². The molecule has 2 aliphatic rings. The summed E-state index contributed by atoms with van der Waals surface area (Å²) >= 11 is 0. The molecule has 0 unspecified atom stereocenters. The standard InChI is InChI=1S/C22H24O4/c1-13(2)5-7-16-19(24-4)10-9-17-21(16)25-12-18-15-8-6-14(23-3)11-20(15)26-22(17)18/h5-6,8-11,18,22H,7,12H2,1-4H3/t18-,22-/m0/s1. The lowest BCUT2D eigenvalue weighted by Crippen LogP contribution is -2.24. The molecular formula is C22H24O4. The van der Waals surface area contributed by atoms with Gasteiger partial charge in [-0.3, -0.25) is 0 Å². The Morgan fingerprint density at radius 3 is 2.65 bits per heavy atom. The molecule has 26 heavy (non-hydrogen) atoms. The van der Waals surface area contributed by atoms with Crippen LogP contribution in [-0.4, -0.2) is 20.8 Å². The van der Waals surface area contributed by atoms with Crippen LogP contribution in [0.15, 0.2) is 42.0 Å². The van der Waals surface area contributed by atoms with Crippen molar-refractivity contribution in [3.05, 3.63) is 58.7 Å². The van der Waals surface area contributed by atoms with E-state index in [9.17, 15) is 0 Å². The summed E-state index contributed by atoms with van der Waals surface area (Å²) in [5.74, 6) is 3.66. The van der Waals surface area contributed by atoms with Crippen molar-refractivity contribution in [1.29, 1.82) is 0 Å². The molecule has 4 nitrogen and oxygen atoms in total. The summed E-state index contributed by atoms with van der Waals surface area (Å²) in [5.41, 5.74) is 4.63. The maximum absolute atomic E-state index is 6.32. The van der Waals surface area contributed by atoms with Crippen LogP contribution in [0.5, 0.6) is 23.0 Å². The van der Waals surface area contributed by atoms with Crippen molar-refractivity contribution in [2.75, 3.05) is 20.8 Å². The van der Waals surface area contributed by atoms with Gasteiger partial charge in [0.25, 0.3) is 0 Å². The first-order valence-corrected chi connectivity index (χ1v) is 8.93. The molecular weight excluding hydrogens is 328 g/mol. The fourth-order valence-corrected chi connectivity index (χ4v) is 3.78. The molecule has 0 saturated heterocycles. The quantitative estimate of drug-likeness (QED) is 0.739. The van der Waals surface area contributed by atoms with Gasteiger partial charge in [0.1, 0.15) is 29.1 Å². The van der Waals surface area contributed by atoms with Crippen LogP contribution in [0.25, 0.3) is 0 Å². The van der Waals surface area contributed by atoms with Crippen molar-refractivity contribution in [3.63, 3.8) is 0 Å². The van der Waals surface area contributed by atoms with Crippen LogP contribution in [0, 0.1) is 0 Å². The lowest BCUT2D eigenvalue weighted by atomic mass is 9.87. The Balaban J connectivity index is 1.75. The summed E-state index contributed by atoms with van der Waals surface area (Å²) in [6.45, 7) is 4.80. The fraction of sp³-hybridized carbons (Fsp3) is 0.364. The Kier molecular flexibility index (Phi) is 4.27. The third-order valence-corrected chi connectivity index (χ3v) is 5.14. The van der Waals surface area contributed by atoms with E-state index in [0.29, 0.717) is 6.61 Å². The summed E-state index contributed by atoms with van der Waals surface area (Å²) in [6, 6.07) is 10.1. The molecule has 0 saturated carbocycles. The molecule has 0 amide bonds. The molecule has 2 atom stereocenters. The van der Waals surface area contributed by atoms with Crippen LogP contribution < -0.4 is 18.9 Å². The second-order valence-corrected chi connectivity index (χ2v) is 7.01. The molecule has 0 bridgehead atoms. The number of hydrogen-bond donors (Lipinski definition) is 0. The molecule has 0 spiro atoms. The average Bonchev–Trinajstić information content (AvgIpc) is 3.03. The Hall–Kier alpha value is -2.62. The molecule has 0 radical (unpaired) electrons. The first kappa shape index (κ1) is 16.8. The number of rotatable bonds is 4. The lowest BCUT2D eigenvalue weighted by Gasteiger charge is -2.30. The highest BCUT2D eigenvalue weighted by atomic mass is 16.5. The molecule has 0 aromatic heterocycles. The molecule has 2 aromatic carbocycles. The molecule has 0 N–H and O–H groups in total. The smallest absolute Gasteiger partial charge is 0.138 e. The normalized spacial score (nSPS) is 19.4. The van der Waals surface area contributed by atoms with E-state index in [1.807, 2.05) is 18.2 Å². The molecule has 2 aromatic rings. The van der Waals surface area contributed by atoms with E-state index in [1.54, 1.807) is 14.2 Å². The average molecular weight is 352 g/mol. The zero-order valence-electron chi connectivity index (χ0n) is 15.7. The van der Waals surface area contributed by atoms with Crippen LogP contribution >= 0.6 is 0 Å². The predicted octanol–water partition coefficient (Wildman–Crippen LogP) is 4.82. The summed E-state index contributed by atoms with van der Waals surface area (Å²) in [7, 11) is 3.37. The highest BCUT2D eigenvalue weighted by Crippen LogP contribution is 2.53. The zero-order chi connectivity index (χ0) is 18.3. The van der Waals surface area contributed by atoms with Gasteiger partial charge in [0.05, 0.1) is 26.7 Å². The van der Waals surface area contributed by atoms with Crippen molar-refractivity contribution in [2.24, 2.45) is 0 Å². The highest BCUT2D eigenvalue weighted by Gasteiger charge is 2.41. The second-order valence-electron chi connectivity index (χ2n) is 7.01. The van der Waals surface area contributed by atoms with E-state index in [0.717, 1.165) is 40.5 Å². The van der Waals surface area contributed by atoms with Crippen molar-refractivity contribution in [2.45, 2.75) is 32.3 Å². The summed E-state index contributed by atoms with van der Waals surface area (Å²) in [4.78, 5) is 0. The van der Waals surface area contributed by atoms with Gasteiger partial charge in [0, 0.05) is 22.8 Å². The molecule has 2 aliphatic heterocycles. The Morgan fingerprint density at radius 1 is 1.12 bits per heavy atom. The van der Waals surface area contributed by atoms with Gasteiger partial charge >= 0.3 is 0 Å². The van der Waals surface area contributed by atoms with Crippen molar-refractivity contribution in [3.8, 4) is 23.0 Å². The van der Waals surface area contributed by atoms with Gasteiger partial charge < -0.3 is 18.9 Å². The first-order valence-electron chi connectivity index (χ1n) is 8.93. The fourth-order valence-electron chi connectivity index (χ4n) is 3.78. The maximum Gasteiger partial charge on any atom is 0.138 e. The second kappa shape index (κ2) is 6.60. The topological polar surface area (TPSA) is 36.9 Å². The maximum atomic E-state index is 6.32. The number of benzene rings is 2. The highest BCUT2D eigenvalue weighted by molar-refractivity contribution is 5.57. The van der Waals surface area contributed by atoms with Crippen LogP contribution in [0.3, 0.4) is 0 Å². The monoisotopic (exact) mass is 352 g/mol. The summed E-state index contributed by atoms with van der Waals surface area (Å²) < 4.78 is 23.5. The molecule has 0 aliphatic carbocycles. The number of fused-ring (bicyclic) bond motifs is 5. The van der Waals surface area contributed by atoms with Crippen LogP contribution in [0.4, 0.5) is 0 Å². The molecule has 4 rings (SSSR count). The van der Waals surface area contributed by atoms with E-state index in [-0.39, 0.29) is 12.0 Å². The Morgan fingerprint density at radius 2 is 1.92 bits per heavy atom. The third-order valence-electron chi connectivity index (χ3n) is 5.14. The Bertz CT molecular complexity index is 865. The van der Waals surface area contributed by atoms with Crippen LogP contribution in [0.2, 0.25) is 0 Å². The minimum Gasteiger partial charge on any atom is -0.497 e. The molecule has 4 heteroatoms. The van der Waals surface area contributed by atoms with Crippen molar-refractivity contribution >= 4 is 0 Å². The summed E-state index contributed by atoms with van der Waals surface area (Å²) in [5, 5.41) is 0. The van der Waals surface area contributed by atoms with Gasteiger partial charge in [-0.1, -0.05) is 17.7 Å². The summed E-state index contributed by atoms with van der Waals surface area (Å²) in [6.07, 6.45) is 2.95. The molecule has 136 valence electrons.